The molecule has 612 valence electrons. The van der Waals surface area contributed by atoms with E-state index < -0.39 is 161 Å². The maximum atomic E-state index is 14.6. The summed E-state index contributed by atoms with van der Waals surface area (Å²) in [6.45, 7) is 18.9. The summed E-state index contributed by atoms with van der Waals surface area (Å²) in [4.78, 5) is 185. The van der Waals surface area contributed by atoms with E-state index in [-0.39, 0.29) is 158 Å². The molecular formula is C67H131N27O13. The molecule has 0 spiro atoms. The smallest absolute Gasteiger partial charge is 0.245 e. The van der Waals surface area contributed by atoms with Crippen molar-refractivity contribution in [1.29, 1.82) is 0 Å². The molecule has 12 amide bonds. The Morgan fingerprint density at radius 2 is 0.523 bits per heavy atom. The highest BCUT2D eigenvalue weighted by molar-refractivity contribution is 6.00. The molecule has 0 aliphatic carbocycles. The van der Waals surface area contributed by atoms with Gasteiger partial charge in [-0.3, -0.25) is 77.5 Å². The monoisotopic (exact) mass is 1520 g/mol. The molecule has 0 aliphatic heterocycles. The Morgan fingerprint density at radius 3 is 0.785 bits per heavy atom. The van der Waals surface area contributed by atoms with Gasteiger partial charge in [0.05, 0.1) is 12.1 Å². The number of aliphatic imine (C=N–C) groups is 4. The van der Waals surface area contributed by atoms with E-state index in [9.17, 15) is 62.6 Å². The van der Waals surface area contributed by atoms with Crippen LogP contribution < -0.4 is 127 Å². The van der Waals surface area contributed by atoms with Gasteiger partial charge in [0.15, 0.2) is 23.8 Å². The summed E-state index contributed by atoms with van der Waals surface area (Å²) < 4.78 is 0. The topological polar surface area (TPSA) is 719 Å². The van der Waals surface area contributed by atoms with Gasteiger partial charge in [0.1, 0.15) is 66.5 Å². The molecule has 0 aromatic rings. The van der Waals surface area contributed by atoms with Crippen molar-refractivity contribution in [3.05, 3.63) is 0 Å². The number of nitrogens with two attached hydrogens (primary N) is 12. The van der Waals surface area contributed by atoms with Crippen molar-refractivity contribution in [3.63, 3.8) is 0 Å². The van der Waals surface area contributed by atoms with E-state index in [1.165, 1.54) is 6.92 Å². The normalized spacial score (nSPS) is 14.9. The van der Waals surface area contributed by atoms with Gasteiger partial charge in [0, 0.05) is 26.2 Å². The van der Waals surface area contributed by atoms with E-state index in [2.05, 4.69) is 78.5 Å². The highest BCUT2D eigenvalue weighted by Gasteiger charge is 2.39. The summed E-state index contributed by atoms with van der Waals surface area (Å²) in [5, 5.41) is 40.4. The molecule has 0 aliphatic rings. The van der Waals surface area contributed by atoms with Gasteiger partial charge in [-0.25, -0.2) is 0 Å². The summed E-state index contributed by atoms with van der Waals surface area (Å²) in [6, 6.07) is -16.2. The quantitative estimate of drug-likeness (QED) is 0.0153. The minimum Gasteiger partial charge on any atom is -0.391 e. The zero-order valence-corrected chi connectivity index (χ0v) is 64.5. The molecular weight excluding hydrogens is 1390 g/mol. The Labute approximate surface area is 628 Å². The predicted molar refractivity (Wildman–Crippen MR) is 409 cm³/mol. The number of primary amides is 1. The van der Waals surface area contributed by atoms with Crippen molar-refractivity contribution in [2.45, 2.75) is 258 Å². The number of nitrogens with one attached hydrogen (secondary N) is 11. The van der Waals surface area contributed by atoms with Crippen LogP contribution in [0.5, 0.6) is 0 Å². The number of carbonyl (C=O) groups is 12. The Bertz CT molecular complexity index is 2930. The number of guanidine groups is 4. The van der Waals surface area contributed by atoms with Crippen molar-refractivity contribution < 1.29 is 62.6 Å². The lowest BCUT2D eigenvalue weighted by Crippen LogP contribution is -2.62. The average molecular weight is 1520 g/mol. The summed E-state index contributed by atoms with van der Waals surface area (Å²) in [6.07, 6.45) is 0.411. The van der Waals surface area contributed by atoms with Gasteiger partial charge < -0.3 is 132 Å². The van der Waals surface area contributed by atoms with E-state index >= 15 is 0 Å². The molecule has 0 fully saturated rings. The number of carbonyl (C=O) groups excluding carboxylic acids is 12. The molecule has 0 radical (unpaired) electrons. The molecule has 40 heteroatoms. The molecule has 0 rings (SSSR count). The van der Waals surface area contributed by atoms with Crippen LogP contribution in [0.4, 0.5) is 0 Å². The van der Waals surface area contributed by atoms with Gasteiger partial charge in [-0.05, 0) is 152 Å². The number of hydrogen-bond acceptors (Lipinski definition) is 20. The third-order valence-electron chi connectivity index (χ3n) is 16.8. The molecule has 0 saturated carbocycles. The number of rotatable bonds is 55. The average Bonchev–Trinajstić information content (AvgIpc) is 0.852. The van der Waals surface area contributed by atoms with Crippen molar-refractivity contribution in [2.75, 3.05) is 39.3 Å². The van der Waals surface area contributed by atoms with Crippen molar-refractivity contribution in [1.82, 2.24) is 58.5 Å². The molecule has 107 heavy (non-hydrogen) atoms. The van der Waals surface area contributed by atoms with Crippen LogP contribution in [0.25, 0.3) is 0 Å². The first-order valence-corrected chi connectivity index (χ1v) is 36.8. The van der Waals surface area contributed by atoms with Crippen molar-refractivity contribution in [3.8, 4) is 0 Å². The van der Waals surface area contributed by atoms with Gasteiger partial charge in [0.2, 0.25) is 70.9 Å². The lowest BCUT2D eigenvalue weighted by molar-refractivity contribution is -0.138. The number of aliphatic hydroxyl groups is 1. The molecule has 0 aromatic heterocycles. The van der Waals surface area contributed by atoms with Crippen LogP contribution in [0.2, 0.25) is 0 Å². The zero-order valence-electron chi connectivity index (χ0n) is 64.5. The van der Waals surface area contributed by atoms with Crippen LogP contribution in [0.1, 0.15) is 179 Å². The largest absolute Gasteiger partial charge is 0.391 e. The molecule has 0 bridgehead atoms. The third-order valence-corrected chi connectivity index (χ3v) is 16.8. The first-order valence-electron chi connectivity index (χ1n) is 36.8. The lowest BCUT2D eigenvalue weighted by Gasteiger charge is -2.30. The van der Waals surface area contributed by atoms with Gasteiger partial charge in [0.25, 0.3) is 0 Å². The van der Waals surface area contributed by atoms with E-state index in [0.717, 1.165) is 0 Å². The Morgan fingerprint density at radius 1 is 0.290 bits per heavy atom. The maximum Gasteiger partial charge on any atom is 0.245 e. The van der Waals surface area contributed by atoms with Crippen LogP contribution in [0.3, 0.4) is 0 Å². The van der Waals surface area contributed by atoms with Crippen molar-refractivity contribution >= 4 is 94.7 Å². The summed E-state index contributed by atoms with van der Waals surface area (Å²) >= 11 is 0. The fourth-order valence-electron chi connectivity index (χ4n) is 10.7. The summed E-state index contributed by atoms with van der Waals surface area (Å²) in [5.74, 6) is -13.1. The fraction of sp³-hybridized carbons (Fsp3) is 0.761. The van der Waals surface area contributed by atoms with Gasteiger partial charge >= 0.3 is 0 Å². The fourth-order valence-corrected chi connectivity index (χ4v) is 10.7. The lowest BCUT2D eigenvalue weighted by atomic mass is 9.99. The number of hydrogen-bond donors (Lipinski definition) is 24. The number of amides is 12. The first kappa shape index (κ1) is 97.6. The first-order chi connectivity index (χ1) is 50.1. The SMILES string of the molecule is CC(C)C[C@H](NC(=O)[C@H](CCCN=C(N)N)NC(=O)[C@@H](NC(=O)[C@H](CCCN=C(N)N)NC(=O)[C@@H](NC(=O)[C@H](CCCCN)NC(=O)[C@@H](NC(=O)[C@H](CCCN=C(N)N)NC(=O)[C@H](CC(C)C)NC(=O)[C@H](CCCN=C(N)N)NC(=O)[C@@H](N)C(C)C)C(C)C)[C@@H](C)O)C(C)C)C(=O)N[C@@H](CCCCN)C(N)=O. The minimum atomic E-state index is -1.83. The second-order valence-corrected chi connectivity index (χ2v) is 28.5. The van der Waals surface area contributed by atoms with Crippen LogP contribution in [-0.4, -0.2) is 218 Å². The van der Waals surface area contributed by atoms with E-state index in [4.69, 9.17) is 68.8 Å². The highest BCUT2D eigenvalue weighted by Crippen LogP contribution is 2.16. The Kier molecular flexibility index (Phi) is 47.9. The minimum absolute atomic E-state index is 0.0120. The molecule has 0 unspecified atom stereocenters. The summed E-state index contributed by atoms with van der Waals surface area (Å²) in [5.41, 5.74) is 67.6. The van der Waals surface area contributed by atoms with Crippen LogP contribution in [0, 0.1) is 29.6 Å². The number of nitrogens with zero attached hydrogens (tertiary/aromatic N) is 4. The van der Waals surface area contributed by atoms with E-state index in [0.29, 0.717) is 25.8 Å². The number of aliphatic hydroxyl groups excluding tert-OH is 1. The van der Waals surface area contributed by atoms with Crippen LogP contribution in [-0.2, 0) is 57.5 Å². The summed E-state index contributed by atoms with van der Waals surface area (Å²) in [7, 11) is 0. The van der Waals surface area contributed by atoms with Crippen LogP contribution >= 0.6 is 0 Å². The Balaban J connectivity index is 7.33. The maximum absolute atomic E-state index is 14.6. The molecule has 36 N–H and O–H groups in total. The van der Waals surface area contributed by atoms with Gasteiger partial charge in [-0.15, -0.1) is 0 Å². The highest BCUT2D eigenvalue weighted by atomic mass is 16.3. The predicted octanol–water partition coefficient (Wildman–Crippen LogP) is -6.95. The third kappa shape index (κ3) is 41.3. The van der Waals surface area contributed by atoms with Crippen LogP contribution in [0.15, 0.2) is 20.0 Å². The standard InChI is InChI=1S/C67H131N27O13/c1-34(2)32-46(58(102)84-40(52(71)96)20-12-14-26-68)90-54(98)43(23-17-29-81-65(74)75)88-62(106)50(38(9)10)93-56(100)45(25-19-31-83-67(78)79)89-63(107)51(39(11)95)94-57(101)41(21-13-15-27-69)87-61(105)49(37(7)8)92-55(99)44(24-18-30-82-66(76)77)85-59(103)47(33-35(3)4)91-53(97)42(22-16-28-80-64(72)73)86-60(104)48(70)36(5)6/h34-51,95H,12-33,68-70H2,1-11H3,(H2,71,96)(H,84,102)(H,85,103)(H,86,104)(H,87,105)(H,88,106)(H,89,107)(H,90,98)(H,91,97)(H,92,99)(H,93,100)(H,94,101)(H4,72,73,80)(H4,74,75,81)(H4,76,77,82)(H4,78,79,83)/t39-,40+,41+,42+,43+,44+,45+,46+,47+,48+,49+,50+,51+/m1/s1. The van der Waals surface area contributed by atoms with E-state index in [1.807, 2.05) is 0 Å². The molecule has 0 heterocycles. The number of unbranched alkanes of at least 4 members (excludes halogenated alkanes) is 2. The molecule has 0 aromatic carbocycles. The molecule has 40 nitrogen and oxygen atoms in total. The van der Waals surface area contributed by atoms with Gasteiger partial charge in [-0.2, -0.15) is 0 Å². The second kappa shape index (κ2) is 52.5. The van der Waals surface area contributed by atoms with E-state index in [1.54, 1.807) is 69.2 Å². The zero-order chi connectivity index (χ0) is 81.8. The van der Waals surface area contributed by atoms with Gasteiger partial charge in [-0.1, -0.05) is 69.2 Å². The molecule has 0 saturated heterocycles. The Hall–Kier alpha value is -9.44. The molecule has 13 atom stereocenters. The second-order valence-electron chi connectivity index (χ2n) is 28.5. The van der Waals surface area contributed by atoms with Crippen molar-refractivity contribution in [2.24, 2.45) is 118 Å².